The molecule has 0 aliphatic heterocycles. The lowest BCUT2D eigenvalue weighted by molar-refractivity contribution is 0.110. The highest BCUT2D eigenvalue weighted by Crippen LogP contribution is 2.12. The molecule has 0 spiro atoms. The molecule has 2 N–H and O–H groups in total. The molecule has 1 unspecified atom stereocenters. The average molecular weight is 214 g/mol. The van der Waals surface area contributed by atoms with Crippen LogP contribution in [-0.2, 0) is 11.2 Å². The molecule has 1 heterocycles. The fourth-order valence-corrected chi connectivity index (χ4v) is 1.85. The molecule has 0 aromatic carbocycles. The minimum absolute atomic E-state index is 0.456. The Balaban J connectivity index is 2.13. The van der Waals surface area contributed by atoms with Gasteiger partial charge < -0.3 is 10.5 Å². The molecule has 0 radical (unpaired) electrons. The highest BCUT2D eigenvalue weighted by atomic mass is 32.1. The minimum Gasteiger partial charge on any atom is -0.381 e. The third kappa shape index (κ3) is 3.74. The van der Waals surface area contributed by atoms with Gasteiger partial charge in [-0.15, -0.1) is 11.3 Å². The Kier molecular flexibility index (Phi) is 5.07. The van der Waals surface area contributed by atoms with E-state index < -0.39 is 0 Å². The van der Waals surface area contributed by atoms with Crippen LogP contribution in [0.15, 0.2) is 5.51 Å². The number of aromatic nitrogens is 1. The van der Waals surface area contributed by atoms with Gasteiger partial charge in [0.1, 0.15) is 0 Å². The third-order valence-corrected chi connectivity index (χ3v) is 3.12. The molecular formula is C10H18N2OS. The van der Waals surface area contributed by atoms with Gasteiger partial charge >= 0.3 is 0 Å². The fourth-order valence-electron chi connectivity index (χ4n) is 1.08. The Morgan fingerprint density at radius 3 is 3.00 bits per heavy atom. The number of nitrogens with two attached hydrogens (primary N) is 1. The van der Waals surface area contributed by atoms with Crippen LogP contribution in [0.25, 0.3) is 0 Å². The molecule has 0 fully saturated rings. The van der Waals surface area contributed by atoms with Crippen molar-refractivity contribution in [2.45, 2.75) is 20.3 Å². The molecule has 4 heteroatoms. The molecular weight excluding hydrogens is 196 g/mol. The first kappa shape index (κ1) is 11.6. The van der Waals surface area contributed by atoms with Gasteiger partial charge in [0.15, 0.2) is 0 Å². The lowest BCUT2D eigenvalue weighted by Crippen LogP contribution is -2.17. The predicted molar refractivity (Wildman–Crippen MR) is 59.6 cm³/mol. The fraction of sp³-hybridized carbons (Fsp3) is 0.700. The molecule has 1 aromatic rings. The Hall–Kier alpha value is -0.450. The molecule has 80 valence electrons. The Morgan fingerprint density at radius 1 is 1.64 bits per heavy atom. The van der Waals surface area contributed by atoms with E-state index in [-0.39, 0.29) is 0 Å². The van der Waals surface area contributed by atoms with Crippen molar-refractivity contribution in [1.82, 2.24) is 4.98 Å². The van der Waals surface area contributed by atoms with Crippen LogP contribution in [-0.4, -0.2) is 24.7 Å². The van der Waals surface area contributed by atoms with E-state index in [2.05, 4.69) is 11.9 Å². The quantitative estimate of drug-likeness (QED) is 0.732. The summed E-state index contributed by atoms with van der Waals surface area (Å²) >= 11 is 1.70. The molecule has 0 saturated heterocycles. The molecule has 0 saturated carbocycles. The van der Waals surface area contributed by atoms with E-state index in [1.807, 2.05) is 12.4 Å². The maximum atomic E-state index is 5.51. The Morgan fingerprint density at radius 2 is 2.43 bits per heavy atom. The maximum absolute atomic E-state index is 5.51. The average Bonchev–Trinajstić information content (AvgIpc) is 2.58. The summed E-state index contributed by atoms with van der Waals surface area (Å²) in [7, 11) is 0. The van der Waals surface area contributed by atoms with Crippen LogP contribution >= 0.6 is 11.3 Å². The van der Waals surface area contributed by atoms with E-state index in [0.717, 1.165) is 25.3 Å². The third-order valence-electron chi connectivity index (χ3n) is 2.12. The number of thiazole rings is 1. The number of hydrogen-bond donors (Lipinski definition) is 1. The van der Waals surface area contributed by atoms with Crippen molar-refractivity contribution in [1.29, 1.82) is 0 Å². The summed E-state index contributed by atoms with van der Waals surface area (Å²) in [5.41, 5.74) is 8.50. The summed E-state index contributed by atoms with van der Waals surface area (Å²) in [5.74, 6) is 0.456. The molecule has 0 aliphatic rings. The lowest BCUT2D eigenvalue weighted by atomic mass is 10.2. The van der Waals surface area contributed by atoms with Crippen LogP contribution in [0.1, 0.15) is 17.5 Å². The van der Waals surface area contributed by atoms with Crippen LogP contribution in [0.5, 0.6) is 0 Å². The van der Waals surface area contributed by atoms with Crippen molar-refractivity contribution in [3.63, 3.8) is 0 Å². The number of rotatable bonds is 6. The molecule has 1 rings (SSSR count). The largest absolute Gasteiger partial charge is 0.381 e. The predicted octanol–water partition coefficient (Wildman–Crippen LogP) is 1.61. The topological polar surface area (TPSA) is 48.1 Å². The van der Waals surface area contributed by atoms with Crippen LogP contribution in [0, 0.1) is 12.8 Å². The number of hydrogen-bond acceptors (Lipinski definition) is 4. The molecule has 0 bridgehead atoms. The first-order valence-corrected chi connectivity index (χ1v) is 5.78. The monoisotopic (exact) mass is 214 g/mol. The first-order valence-electron chi connectivity index (χ1n) is 4.90. The second kappa shape index (κ2) is 6.11. The zero-order chi connectivity index (χ0) is 10.4. The van der Waals surface area contributed by atoms with E-state index in [1.165, 1.54) is 4.88 Å². The highest BCUT2D eigenvalue weighted by molar-refractivity contribution is 7.09. The Labute approximate surface area is 89.3 Å². The van der Waals surface area contributed by atoms with Gasteiger partial charge in [0, 0.05) is 11.3 Å². The van der Waals surface area contributed by atoms with E-state index in [1.54, 1.807) is 11.3 Å². The van der Waals surface area contributed by atoms with Gasteiger partial charge in [0.05, 0.1) is 24.4 Å². The lowest BCUT2D eigenvalue weighted by Gasteiger charge is -2.08. The van der Waals surface area contributed by atoms with Crippen molar-refractivity contribution < 1.29 is 4.74 Å². The van der Waals surface area contributed by atoms with Gasteiger partial charge in [-0.25, -0.2) is 4.98 Å². The number of aryl methyl sites for hydroxylation is 1. The SMILES string of the molecule is Cc1ncsc1CCOCC(C)CN. The molecule has 1 aromatic heterocycles. The summed E-state index contributed by atoms with van der Waals surface area (Å²) in [4.78, 5) is 5.51. The van der Waals surface area contributed by atoms with Crippen LogP contribution < -0.4 is 5.73 Å². The highest BCUT2D eigenvalue weighted by Gasteiger charge is 2.02. The Bertz CT molecular complexity index is 262. The smallest absolute Gasteiger partial charge is 0.0797 e. The first-order chi connectivity index (χ1) is 6.74. The van der Waals surface area contributed by atoms with Gasteiger partial charge in [-0.1, -0.05) is 6.92 Å². The minimum atomic E-state index is 0.456. The van der Waals surface area contributed by atoms with Gasteiger partial charge in [-0.2, -0.15) is 0 Å². The molecule has 0 aliphatic carbocycles. The molecule has 14 heavy (non-hydrogen) atoms. The van der Waals surface area contributed by atoms with E-state index in [4.69, 9.17) is 10.5 Å². The number of nitrogens with zero attached hydrogens (tertiary/aromatic N) is 1. The van der Waals surface area contributed by atoms with Crippen molar-refractivity contribution in [2.24, 2.45) is 11.7 Å². The van der Waals surface area contributed by atoms with Crippen molar-refractivity contribution in [3.05, 3.63) is 16.1 Å². The summed E-state index contributed by atoms with van der Waals surface area (Å²) in [6.45, 7) is 6.35. The van der Waals surface area contributed by atoms with Crippen LogP contribution in [0.2, 0.25) is 0 Å². The second-order valence-electron chi connectivity index (χ2n) is 3.53. The summed E-state index contributed by atoms with van der Waals surface area (Å²) in [6.07, 6.45) is 0.966. The normalized spacial score (nSPS) is 13.1. The molecule has 0 amide bonds. The summed E-state index contributed by atoms with van der Waals surface area (Å²) in [5, 5.41) is 0. The van der Waals surface area contributed by atoms with Gasteiger partial charge in [-0.3, -0.25) is 0 Å². The zero-order valence-electron chi connectivity index (χ0n) is 8.82. The number of ether oxygens (including phenoxy) is 1. The van der Waals surface area contributed by atoms with E-state index in [0.29, 0.717) is 12.5 Å². The standard InChI is InChI=1S/C10H18N2OS/c1-8(5-11)6-13-4-3-10-9(2)12-7-14-10/h7-8H,3-6,11H2,1-2H3. The van der Waals surface area contributed by atoms with Crippen molar-refractivity contribution in [3.8, 4) is 0 Å². The van der Waals surface area contributed by atoms with Gasteiger partial charge in [-0.05, 0) is 19.4 Å². The molecule has 3 nitrogen and oxygen atoms in total. The summed E-state index contributed by atoms with van der Waals surface area (Å²) in [6, 6.07) is 0. The maximum Gasteiger partial charge on any atom is 0.0797 e. The van der Waals surface area contributed by atoms with Gasteiger partial charge in [0.25, 0.3) is 0 Å². The van der Waals surface area contributed by atoms with Crippen molar-refractivity contribution in [2.75, 3.05) is 19.8 Å². The second-order valence-corrected chi connectivity index (χ2v) is 4.47. The van der Waals surface area contributed by atoms with Crippen LogP contribution in [0.3, 0.4) is 0 Å². The van der Waals surface area contributed by atoms with E-state index in [9.17, 15) is 0 Å². The molecule has 1 atom stereocenters. The summed E-state index contributed by atoms with van der Waals surface area (Å²) < 4.78 is 5.51. The van der Waals surface area contributed by atoms with Gasteiger partial charge in [0.2, 0.25) is 0 Å². The van der Waals surface area contributed by atoms with E-state index >= 15 is 0 Å². The van der Waals surface area contributed by atoms with Crippen LogP contribution in [0.4, 0.5) is 0 Å². The van der Waals surface area contributed by atoms with Crippen molar-refractivity contribution >= 4 is 11.3 Å². The zero-order valence-corrected chi connectivity index (χ0v) is 9.64.